The van der Waals surface area contributed by atoms with Gasteiger partial charge in [0.1, 0.15) is 5.82 Å². The maximum atomic E-state index is 14.7. The van der Waals surface area contributed by atoms with Gasteiger partial charge in [-0.05, 0) is 48.1 Å². The number of pyridine rings is 1. The van der Waals surface area contributed by atoms with Crippen molar-refractivity contribution in [2.24, 2.45) is 0 Å². The highest BCUT2D eigenvalue weighted by Gasteiger charge is 2.35. The summed E-state index contributed by atoms with van der Waals surface area (Å²) < 4.78 is 29.8. The van der Waals surface area contributed by atoms with Crippen LogP contribution < -0.4 is 11.1 Å². The molecule has 31 heavy (non-hydrogen) atoms. The second kappa shape index (κ2) is 7.79. The lowest BCUT2D eigenvalue weighted by Crippen LogP contribution is -2.26. The second-order valence-electron chi connectivity index (χ2n) is 7.35. The molecule has 2 aromatic heterocycles. The average molecular weight is 421 g/mol. The predicted octanol–water partition coefficient (Wildman–Crippen LogP) is 4.16. The van der Waals surface area contributed by atoms with Crippen molar-refractivity contribution in [1.29, 1.82) is 0 Å². The molecule has 0 fully saturated rings. The lowest BCUT2D eigenvalue weighted by molar-refractivity contribution is -0.0482. The molecular weight excluding hydrogens is 400 g/mol. The van der Waals surface area contributed by atoms with Crippen molar-refractivity contribution in [3.05, 3.63) is 88.9 Å². The third-order valence-corrected chi connectivity index (χ3v) is 5.39. The van der Waals surface area contributed by atoms with E-state index in [0.29, 0.717) is 10.5 Å². The van der Waals surface area contributed by atoms with Crippen molar-refractivity contribution >= 4 is 22.5 Å². The number of hydrogen-bond acceptors (Lipinski definition) is 4. The maximum Gasteiger partial charge on any atom is 0.370 e. The first-order valence-corrected chi connectivity index (χ1v) is 9.69. The molecule has 0 saturated heterocycles. The van der Waals surface area contributed by atoms with Crippen LogP contribution in [-0.4, -0.2) is 20.7 Å². The zero-order chi connectivity index (χ0) is 22.2. The molecule has 0 unspecified atom stereocenters. The highest BCUT2D eigenvalue weighted by Crippen LogP contribution is 2.30. The Morgan fingerprint density at radius 3 is 2.65 bits per heavy atom. The molecule has 0 radical (unpaired) electrons. The number of aryl methyl sites for hydroxylation is 2. The van der Waals surface area contributed by atoms with Crippen molar-refractivity contribution in [2.45, 2.75) is 26.4 Å². The van der Waals surface area contributed by atoms with Crippen LogP contribution in [0, 0.1) is 13.8 Å². The van der Waals surface area contributed by atoms with Crippen molar-refractivity contribution in [3.63, 3.8) is 0 Å². The first-order valence-electron chi connectivity index (χ1n) is 9.69. The molecule has 0 aliphatic heterocycles. The molecule has 4 aromatic rings. The summed E-state index contributed by atoms with van der Waals surface area (Å²) in [7, 11) is 0. The van der Waals surface area contributed by atoms with Crippen LogP contribution in [0.3, 0.4) is 0 Å². The van der Waals surface area contributed by atoms with E-state index in [1.807, 2.05) is 26.0 Å². The average Bonchev–Trinajstić information content (AvgIpc) is 3.26. The molecular formula is C23H21F2N5O. The highest BCUT2D eigenvalue weighted by atomic mass is 19.3. The third kappa shape index (κ3) is 3.72. The minimum absolute atomic E-state index is 0.0557. The van der Waals surface area contributed by atoms with Gasteiger partial charge in [0.15, 0.2) is 0 Å². The number of nitrogens with zero attached hydrogens (tertiary/aromatic N) is 3. The number of aromatic nitrogens is 3. The number of alkyl halides is 2. The number of rotatable bonds is 5. The van der Waals surface area contributed by atoms with Crippen LogP contribution in [0.2, 0.25) is 0 Å². The SMILES string of the molecule is Cc1cc2c(N)nccc2c(C)c1CNC(=O)c1cnn(C(F)(F)c2ccccc2)c1. The Balaban J connectivity index is 1.54. The fourth-order valence-electron chi connectivity index (χ4n) is 3.64. The maximum absolute atomic E-state index is 14.7. The normalized spacial score (nSPS) is 11.6. The molecule has 158 valence electrons. The predicted molar refractivity (Wildman–Crippen MR) is 115 cm³/mol. The van der Waals surface area contributed by atoms with Crippen LogP contribution in [-0.2, 0) is 12.6 Å². The number of carbonyl (C=O) groups excluding carboxylic acids is 1. The summed E-state index contributed by atoms with van der Waals surface area (Å²) in [5, 5.41) is 8.32. The molecule has 8 heteroatoms. The van der Waals surface area contributed by atoms with Crippen molar-refractivity contribution < 1.29 is 13.6 Å². The van der Waals surface area contributed by atoms with Crippen LogP contribution in [0.15, 0.2) is 61.1 Å². The number of nitrogens with two attached hydrogens (primary N) is 1. The Labute approximate surface area is 177 Å². The fourth-order valence-corrected chi connectivity index (χ4v) is 3.64. The van der Waals surface area contributed by atoms with Crippen LogP contribution in [0.4, 0.5) is 14.6 Å². The van der Waals surface area contributed by atoms with E-state index >= 15 is 0 Å². The topological polar surface area (TPSA) is 85.8 Å². The summed E-state index contributed by atoms with van der Waals surface area (Å²) in [5.41, 5.74) is 8.69. The zero-order valence-electron chi connectivity index (χ0n) is 17.1. The Hall–Kier alpha value is -3.81. The van der Waals surface area contributed by atoms with Crippen LogP contribution in [0.25, 0.3) is 10.8 Å². The van der Waals surface area contributed by atoms with E-state index in [-0.39, 0.29) is 17.7 Å². The standard InChI is InChI=1S/C23H21F2N5O/c1-14-10-19-18(8-9-27-21(19)26)15(2)20(14)12-28-22(31)16-11-29-30(13-16)23(24,25)17-6-4-3-5-7-17/h3-11,13H,12H2,1-2H3,(H2,26,27)(H,28,31). The Morgan fingerprint density at radius 1 is 1.16 bits per heavy atom. The second-order valence-corrected chi connectivity index (χ2v) is 7.35. The first-order chi connectivity index (χ1) is 14.8. The number of carbonyl (C=O) groups is 1. The van der Waals surface area contributed by atoms with Crippen molar-refractivity contribution in [1.82, 2.24) is 20.1 Å². The van der Waals surface area contributed by atoms with Gasteiger partial charge in [-0.1, -0.05) is 30.3 Å². The Kier molecular flexibility index (Phi) is 5.14. The van der Waals surface area contributed by atoms with E-state index in [0.717, 1.165) is 39.9 Å². The molecule has 2 aromatic carbocycles. The van der Waals surface area contributed by atoms with Crippen LogP contribution in [0.5, 0.6) is 0 Å². The minimum atomic E-state index is -3.36. The molecule has 0 bridgehead atoms. The van der Waals surface area contributed by atoms with Crippen LogP contribution in [0.1, 0.15) is 32.6 Å². The fraction of sp³-hybridized carbons (Fsp3) is 0.174. The van der Waals surface area contributed by atoms with Gasteiger partial charge in [0.2, 0.25) is 0 Å². The van der Waals surface area contributed by atoms with Gasteiger partial charge in [-0.2, -0.15) is 13.9 Å². The van der Waals surface area contributed by atoms with Gasteiger partial charge in [0.05, 0.1) is 11.8 Å². The van der Waals surface area contributed by atoms with Gasteiger partial charge >= 0.3 is 6.05 Å². The number of nitrogens with one attached hydrogen (secondary N) is 1. The number of amides is 1. The summed E-state index contributed by atoms with van der Waals surface area (Å²) in [6.07, 6.45) is 3.83. The number of benzene rings is 2. The largest absolute Gasteiger partial charge is 0.383 e. The highest BCUT2D eigenvalue weighted by molar-refractivity contribution is 5.95. The molecule has 6 nitrogen and oxygen atoms in total. The first kappa shape index (κ1) is 20.5. The summed E-state index contributed by atoms with van der Waals surface area (Å²) in [5.74, 6) is -0.0331. The monoisotopic (exact) mass is 421 g/mol. The summed E-state index contributed by atoms with van der Waals surface area (Å²) in [6.45, 7) is 4.13. The van der Waals surface area contributed by atoms with Crippen LogP contribution >= 0.6 is 0 Å². The van der Waals surface area contributed by atoms with Gasteiger partial charge in [0.25, 0.3) is 5.91 Å². The molecule has 2 heterocycles. The molecule has 0 spiro atoms. The lowest BCUT2D eigenvalue weighted by Gasteiger charge is -2.16. The summed E-state index contributed by atoms with van der Waals surface area (Å²) >= 11 is 0. The minimum Gasteiger partial charge on any atom is -0.383 e. The quantitative estimate of drug-likeness (QED) is 0.507. The van der Waals surface area contributed by atoms with E-state index < -0.39 is 12.0 Å². The van der Waals surface area contributed by atoms with Gasteiger partial charge in [-0.25, -0.2) is 9.67 Å². The van der Waals surface area contributed by atoms with E-state index in [4.69, 9.17) is 5.73 Å². The van der Waals surface area contributed by atoms with E-state index in [2.05, 4.69) is 15.4 Å². The van der Waals surface area contributed by atoms with E-state index in [1.165, 1.54) is 24.3 Å². The zero-order valence-corrected chi connectivity index (χ0v) is 17.1. The molecule has 3 N–H and O–H groups in total. The van der Waals surface area contributed by atoms with Crippen molar-refractivity contribution in [2.75, 3.05) is 5.73 Å². The molecule has 0 aliphatic carbocycles. The number of fused-ring (bicyclic) bond motifs is 1. The molecule has 1 amide bonds. The summed E-state index contributed by atoms with van der Waals surface area (Å²) in [6, 6.07) is 7.79. The number of hydrogen-bond donors (Lipinski definition) is 2. The number of halogens is 2. The molecule has 0 aliphatic rings. The van der Waals surface area contributed by atoms with Gasteiger partial charge in [-0.15, -0.1) is 0 Å². The van der Waals surface area contributed by atoms with Gasteiger partial charge < -0.3 is 11.1 Å². The van der Waals surface area contributed by atoms with Gasteiger partial charge in [0, 0.05) is 29.9 Å². The van der Waals surface area contributed by atoms with E-state index in [9.17, 15) is 13.6 Å². The number of anilines is 1. The Bertz CT molecular complexity index is 1270. The molecule has 0 saturated carbocycles. The third-order valence-electron chi connectivity index (χ3n) is 5.39. The summed E-state index contributed by atoms with van der Waals surface area (Å²) in [4.78, 5) is 16.7. The molecule has 4 rings (SSSR count). The van der Waals surface area contributed by atoms with Gasteiger partial charge in [-0.3, -0.25) is 4.79 Å². The Morgan fingerprint density at radius 2 is 1.90 bits per heavy atom. The lowest BCUT2D eigenvalue weighted by atomic mass is 9.96. The molecule has 0 atom stereocenters. The van der Waals surface area contributed by atoms with E-state index in [1.54, 1.807) is 12.3 Å². The van der Waals surface area contributed by atoms with Crippen molar-refractivity contribution in [3.8, 4) is 0 Å². The smallest absolute Gasteiger partial charge is 0.370 e. The number of nitrogen functional groups attached to an aromatic ring is 1.